The molecule has 0 radical (unpaired) electrons. The molecule has 2 fully saturated rings. The number of amides is 1. The molecule has 8 heteroatoms. The number of carbonyl (C=O) groups is 1. The number of rotatable bonds is 3. The molecule has 2 aliphatic heterocycles. The lowest BCUT2D eigenvalue weighted by atomic mass is 9.97. The maximum Gasteiger partial charge on any atom is 0.227 e. The zero-order valence-electron chi connectivity index (χ0n) is 14.4. The quantitative estimate of drug-likeness (QED) is 0.802. The third kappa shape index (κ3) is 4.12. The van der Waals surface area contributed by atoms with Gasteiger partial charge in [0.2, 0.25) is 15.9 Å². The molecule has 25 heavy (non-hydrogen) atoms. The first kappa shape index (κ1) is 18.1. The van der Waals surface area contributed by atoms with Crippen molar-refractivity contribution in [2.75, 3.05) is 50.4 Å². The number of carbonyl (C=O) groups excluding carboxylic acids is 1. The van der Waals surface area contributed by atoms with Crippen molar-refractivity contribution in [1.29, 1.82) is 0 Å². The predicted molar refractivity (Wildman–Crippen MR) is 94.3 cm³/mol. The van der Waals surface area contributed by atoms with Crippen LogP contribution in [0, 0.1) is 11.7 Å². The Hall–Kier alpha value is -1.67. The average Bonchev–Trinajstić information content (AvgIpc) is 2.61. The van der Waals surface area contributed by atoms with Crippen LogP contribution < -0.4 is 4.90 Å². The number of piperidine rings is 1. The number of sulfonamides is 1. The van der Waals surface area contributed by atoms with Crippen molar-refractivity contribution in [2.45, 2.75) is 12.8 Å². The average molecular weight is 369 g/mol. The maximum absolute atomic E-state index is 13.9. The molecule has 2 aliphatic rings. The van der Waals surface area contributed by atoms with Crippen molar-refractivity contribution in [2.24, 2.45) is 5.92 Å². The number of benzene rings is 1. The lowest BCUT2D eigenvalue weighted by molar-refractivity contribution is -0.137. The van der Waals surface area contributed by atoms with Crippen LogP contribution in [0.3, 0.4) is 0 Å². The van der Waals surface area contributed by atoms with Gasteiger partial charge >= 0.3 is 0 Å². The van der Waals surface area contributed by atoms with Gasteiger partial charge in [0.05, 0.1) is 17.9 Å². The van der Waals surface area contributed by atoms with E-state index >= 15 is 0 Å². The molecule has 1 aromatic carbocycles. The molecular formula is C17H24FN3O3S. The van der Waals surface area contributed by atoms with Crippen LogP contribution in [0.25, 0.3) is 0 Å². The third-order valence-electron chi connectivity index (χ3n) is 4.99. The van der Waals surface area contributed by atoms with E-state index in [1.54, 1.807) is 23.1 Å². The Bertz CT molecular complexity index is 732. The third-order valence-corrected chi connectivity index (χ3v) is 6.26. The summed E-state index contributed by atoms with van der Waals surface area (Å²) in [6, 6.07) is 6.65. The summed E-state index contributed by atoms with van der Waals surface area (Å²) in [5.74, 6) is -0.511. The van der Waals surface area contributed by atoms with Crippen molar-refractivity contribution < 1.29 is 17.6 Å². The van der Waals surface area contributed by atoms with Crippen molar-refractivity contribution in [3.05, 3.63) is 30.1 Å². The largest absolute Gasteiger partial charge is 0.366 e. The second-order valence-corrected chi connectivity index (χ2v) is 8.71. The Morgan fingerprint density at radius 1 is 1.12 bits per heavy atom. The summed E-state index contributed by atoms with van der Waals surface area (Å²) >= 11 is 0. The molecule has 6 nitrogen and oxygen atoms in total. The molecule has 0 saturated carbocycles. The van der Waals surface area contributed by atoms with Crippen molar-refractivity contribution in [3.8, 4) is 0 Å². The van der Waals surface area contributed by atoms with E-state index in [1.165, 1.54) is 16.6 Å². The Morgan fingerprint density at radius 3 is 2.44 bits per heavy atom. The fourth-order valence-electron chi connectivity index (χ4n) is 3.58. The molecule has 1 amide bonds. The fourth-order valence-corrected chi connectivity index (χ4v) is 4.49. The van der Waals surface area contributed by atoms with Gasteiger partial charge in [0.25, 0.3) is 0 Å². The highest BCUT2D eigenvalue weighted by atomic mass is 32.2. The molecule has 0 bridgehead atoms. The monoisotopic (exact) mass is 369 g/mol. The van der Waals surface area contributed by atoms with Crippen LogP contribution in [0.5, 0.6) is 0 Å². The van der Waals surface area contributed by atoms with Gasteiger partial charge in [0.15, 0.2) is 0 Å². The van der Waals surface area contributed by atoms with E-state index in [-0.39, 0.29) is 24.2 Å². The van der Waals surface area contributed by atoms with Crippen LogP contribution in [0.1, 0.15) is 12.8 Å². The first-order valence-corrected chi connectivity index (χ1v) is 10.4. The molecule has 3 rings (SSSR count). The minimum absolute atomic E-state index is 0.0153. The van der Waals surface area contributed by atoms with Crippen LogP contribution in [0.2, 0.25) is 0 Å². The summed E-state index contributed by atoms with van der Waals surface area (Å²) in [6.07, 6.45) is 2.62. The van der Waals surface area contributed by atoms with Gasteiger partial charge in [-0.3, -0.25) is 4.79 Å². The highest BCUT2D eigenvalue weighted by molar-refractivity contribution is 7.88. The molecule has 2 saturated heterocycles. The van der Waals surface area contributed by atoms with E-state index < -0.39 is 10.0 Å². The Balaban J connectivity index is 1.59. The molecule has 0 spiro atoms. The molecule has 0 N–H and O–H groups in total. The van der Waals surface area contributed by atoms with Crippen molar-refractivity contribution >= 4 is 21.6 Å². The van der Waals surface area contributed by atoms with Gasteiger partial charge in [-0.05, 0) is 25.0 Å². The van der Waals surface area contributed by atoms with Gasteiger partial charge in [-0.25, -0.2) is 17.1 Å². The summed E-state index contributed by atoms with van der Waals surface area (Å²) < 4.78 is 38.7. The number of hydrogen-bond acceptors (Lipinski definition) is 4. The lowest BCUT2D eigenvalue weighted by Gasteiger charge is -2.39. The SMILES string of the molecule is CS(=O)(=O)N1CCC[C@H](C(=O)N2CCN(c3ccccc3F)CC2)C1. The minimum atomic E-state index is -3.26. The molecule has 0 aliphatic carbocycles. The zero-order valence-corrected chi connectivity index (χ0v) is 15.2. The summed E-state index contributed by atoms with van der Waals surface area (Å²) in [4.78, 5) is 16.5. The summed E-state index contributed by atoms with van der Waals surface area (Å²) in [7, 11) is -3.26. The van der Waals surface area contributed by atoms with Gasteiger partial charge in [0, 0.05) is 39.3 Å². The van der Waals surface area contributed by atoms with E-state index in [1.807, 2.05) is 4.90 Å². The standard InChI is InChI=1S/C17H24FN3O3S/c1-25(23,24)21-8-4-5-14(13-21)17(22)20-11-9-19(10-12-20)16-7-3-2-6-15(16)18/h2-3,6-7,14H,4-5,8-13H2,1H3/t14-/m0/s1. The molecule has 1 atom stereocenters. The van der Waals surface area contributed by atoms with E-state index in [4.69, 9.17) is 0 Å². The zero-order chi connectivity index (χ0) is 18.0. The lowest BCUT2D eigenvalue weighted by Crippen LogP contribution is -2.53. The normalized spacial score (nSPS) is 22.9. The second-order valence-electron chi connectivity index (χ2n) is 6.72. The van der Waals surface area contributed by atoms with Gasteiger partial charge in [0.1, 0.15) is 5.82 Å². The number of piperazine rings is 1. The van der Waals surface area contributed by atoms with E-state index in [2.05, 4.69) is 0 Å². The van der Waals surface area contributed by atoms with E-state index in [0.717, 1.165) is 6.42 Å². The number of anilines is 1. The van der Waals surface area contributed by atoms with Crippen LogP contribution in [0.15, 0.2) is 24.3 Å². The van der Waals surface area contributed by atoms with Crippen molar-refractivity contribution in [3.63, 3.8) is 0 Å². The molecule has 0 aromatic heterocycles. The Kier molecular flexibility index (Phi) is 5.29. The number of hydrogen-bond donors (Lipinski definition) is 0. The van der Waals surface area contributed by atoms with Gasteiger partial charge in [-0.15, -0.1) is 0 Å². The number of nitrogens with zero attached hydrogens (tertiary/aromatic N) is 3. The van der Waals surface area contributed by atoms with Crippen LogP contribution in [-0.2, 0) is 14.8 Å². The van der Waals surface area contributed by atoms with E-state index in [9.17, 15) is 17.6 Å². The number of halogens is 1. The molecule has 0 unspecified atom stereocenters. The maximum atomic E-state index is 13.9. The highest BCUT2D eigenvalue weighted by Gasteiger charge is 2.33. The summed E-state index contributed by atoms with van der Waals surface area (Å²) in [6.45, 7) is 2.98. The highest BCUT2D eigenvalue weighted by Crippen LogP contribution is 2.23. The molecular weight excluding hydrogens is 345 g/mol. The van der Waals surface area contributed by atoms with Crippen LogP contribution >= 0.6 is 0 Å². The summed E-state index contributed by atoms with van der Waals surface area (Å²) in [5.41, 5.74) is 0.565. The van der Waals surface area contributed by atoms with Crippen LogP contribution in [0.4, 0.5) is 10.1 Å². The number of para-hydroxylation sites is 1. The molecule has 1 aromatic rings. The molecule has 2 heterocycles. The smallest absolute Gasteiger partial charge is 0.227 e. The first-order chi connectivity index (χ1) is 11.9. The topological polar surface area (TPSA) is 60.9 Å². The minimum Gasteiger partial charge on any atom is -0.366 e. The van der Waals surface area contributed by atoms with Crippen molar-refractivity contribution in [1.82, 2.24) is 9.21 Å². The summed E-state index contributed by atoms with van der Waals surface area (Å²) in [5, 5.41) is 0. The fraction of sp³-hybridized carbons (Fsp3) is 0.588. The van der Waals surface area contributed by atoms with Gasteiger partial charge in [-0.2, -0.15) is 0 Å². The second kappa shape index (κ2) is 7.29. The van der Waals surface area contributed by atoms with Crippen LogP contribution in [-0.4, -0.2) is 69.1 Å². The Labute approximate surface area is 148 Å². The first-order valence-electron chi connectivity index (χ1n) is 8.59. The predicted octanol–water partition coefficient (Wildman–Crippen LogP) is 1.15. The molecule has 138 valence electrons. The van der Waals surface area contributed by atoms with E-state index in [0.29, 0.717) is 44.8 Å². The van der Waals surface area contributed by atoms with Gasteiger partial charge in [-0.1, -0.05) is 12.1 Å². The van der Waals surface area contributed by atoms with Gasteiger partial charge < -0.3 is 9.80 Å². The Morgan fingerprint density at radius 2 is 1.80 bits per heavy atom.